The van der Waals surface area contributed by atoms with Gasteiger partial charge in [0.05, 0.1) is 24.1 Å². The van der Waals surface area contributed by atoms with E-state index in [1.54, 1.807) is 15.9 Å². The highest BCUT2D eigenvalue weighted by atomic mass is 32.2. The Morgan fingerprint density at radius 1 is 1.35 bits per heavy atom. The molecule has 0 bridgehead atoms. The number of nitrogens with one attached hydrogen (secondary N) is 2. The molecule has 10 heteroatoms. The number of nitrogens with zero attached hydrogens (tertiary/aromatic N) is 4. The van der Waals surface area contributed by atoms with Crippen LogP contribution in [0.15, 0.2) is 36.9 Å². The minimum absolute atomic E-state index is 0.0183. The summed E-state index contributed by atoms with van der Waals surface area (Å²) in [5.41, 5.74) is 1.65. The summed E-state index contributed by atoms with van der Waals surface area (Å²) in [5, 5.41) is 10.2. The van der Waals surface area contributed by atoms with Crippen LogP contribution in [0.2, 0.25) is 0 Å². The average Bonchev–Trinajstić information content (AvgIpc) is 3.20. The first kappa shape index (κ1) is 17.0. The molecule has 2 N–H and O–H groups in total. The first-order valence-corrected chi connectivity index (χ1v) is 10.3. The number of hydrogen-bond donors (Lipinski definition) is 2. The number of fused-ring (bicyclic) bond motifs is 1. The summed E-state index contributed by atoms with van der Waals surface area (Å²) in [6.07, 6.45) is 3.11. The van der Waals surface area contributed by atoms with Crippen LogP contribution in [0, 0.1) is 0 Å². The second-order valence-electron chi connectivity index (χ2n) is 6.62. The van der Waals surface area contributed by atoms with Crippen molar-refractivity contribution < 1.29 is 13.2 Å². The molecule has 3 heterocycles. The molecule has 2 aliphatic heterocycles. The number of piperazine rings is 1. The molecule has 4 rings (SSSR count). The van der Waals surface area contributed by atoms with Gasteiger partial charge in [-0.2, -0.15) is 5.10 Å². The standard InChI is InChI=1S/C16H20N6O3S/c23-16(22-5-4-18-14-8-26(24,25)9-15(14)22)20-13-3-1-2-12(6-13)7-21-11-17-10-19-21/h1-3,6,10-11,14-15,18H,4-5,7-9H2,(H,20,23)/t14-,15+/m0/s1. The number of amides is 2. The second-order valence-corrected chi connectivity index (χ2v) is 8.78. The maximum atomic E-state index is 12.7. The molecule has 2 aromatic rings. The quantitative estimate of drug-likeness (QED) is 0.776. The molecule has 2 fully saturated rings. The molecule has 9 nitrogen and oxygen atoms in total. The van der Waals surface area contributed by atoms with Crippen molar-refractivity contribution in [2.45, 2.75) is 18.6 Å². The molecular weight excluding hydrogens is 356 g/mol. The number of benzene rings is 1. The van der Waals surface area contributed by atoms with E-state index in [4.69, 9.17) is 0 Å². The molecule has 2 saturated heterocycles. The predicted octanol–water partition coefficient (Wildman–Crippen LogP) is -0.0709. The van der Waals surface area contributed by atoms with E-state index in [1.165, 1.54) is 6.33 Å². The van der Waals surface area contributed by atoms with Crippen LogP contribution in [0.25, 0.3) is 0 Å². The van der Waals surface area contributed by atoms with Gasteiger partial charge in [-0.1, -0.05) is 12.1 Å². The van der Waals surface area contributed by atoms with Gasteiger partial charge in [-0.15, -0.1) is 0 Å². The van der Waals surface area contributed by atoms with Crippen LogP contribution in [-0.4, -0.2) is 70.8 Å². The molecule has 2 atom stereocenters. The van der Waals surface area contributed by atoms with Gasteiger partial charge in [0.15, 0.2) is 9.84 Å². The van der Waals surface area contributed by atoms with E-state index in [2.05, 4.69) is 20.7 Å². The normalized spacial score (nSPS) is 24.2. The van der Waals surface area contributed by atoms with Crippen LogP contribution in [-0.2, 0) is 16.4 Å². The second kappa shape index (κ2) is 6.69. The lowest BCUT2D eigenvalue weighted by molar-refractivity contribution is 0.163. The fraction of sp³-hybridized carbons (Fsp3) is 0.438. The van der Waals surface area contributed by atoms with Crippen LogP contribution in [0.1, 0.15) is 5.56 Å². The number of hydrogen-bond acceptors (Lipinski definition) is 6. The molecule has 138 valence electrons. The lowest BCUT2D eigenvalue weighted by Gasteiger charge is -2.37. The van der Waals surface area contributed by atoms with Crippen molar-refractivity contribution in [1.29, 1.82) is 0 Å². The van der Waals surface area contributed by atoms with E-state index in [1.807, 2.05) is 24.3 Å². The van der Waals surface area contributed by atoms with Crippen LogP contribution < -0.4 is 10.6 Å². The van der Waals surface area contributed by atoms with E-state index in [-0.39, 0.29) is 29.6 Å². The Balaban J connectivity index is 1.46. The van der Waals surface area contributed by atoms with Crippen LogP contribution in [0.3, 0.4) is 0 Å². The summed E-state index contributed by atoms with van der Waals surface area (Å²) in [6.45, 7) is 1.64. The van der Waals surface area contributed by atoms with Crippen LogP contribution >= 0.6 is 0 Å². The van der Waals surface area contributed by atoms with Gasteiger partial charge in [-0.25, -0.2) is 22.9 Å². The Morgan fingerprint density at radius 2 is 2.23 bits per heavy atom. The van der Waals surface area contributed by atoms with Crippen molar-refractivity contribution in [3.05, 3.63) is 42.5 Å². The molecule has 0 aliphatic carbocycles. The summed E-state index contributed by atoms with van der Waals surface area (Å²) in [4.78, 5) is 18.3. The highest BCUT2D eigenvalue weighted by Gasteiger charge is 2.44. The highest BCUT2D eigenvalue weighted by molar-refractivity contribution is 7.91. The first-order valence-electron chi connectivity index (χ1n) is 8.43. The Hall–Kier alpha value is -2.46. The van der Waals surface area contributed by atoms with Gasteiger partial charge in [0.1, 0.15) is 12.7 Å². The van der Waals surface area contributed by atoms with Crippen LogP contribution in [0.5, 0.6) is 0 Å². The third kappa shape index (κ3) is 3.56. The van der Waals surface area contributed by atoms with Crippen molar-refractivity contribution in [2.75, 3.05) is 29.9 Å². The SMILES string of the molecule is O=C(Nc1cccc(Cn2cncn2)c1)N1CCN[C@H]2CS(=O)(=O)C[C@H]21. The fourth-order valence-electron chi connectivity index (χ4n) is 3.56. The van der Waals surface area contributed by atoms with E-state index in [0.717, 1.165) is 5.56 Å². The van der Waals surface area contributed by atoms with Gasteiger partial charge in [-0.3, -0.25) is 0 Å². The van der Waals surface area contributed by atoms with Gasteiger partial charge < -0.3 is 15.5 Å². The molecule has 2 aliphatic rings. The van der Waals surface area contributed by atoms with Crippen LogP contribution in [0.4, 0.5) is 10.5 Å². The number of carbonyl (C=O) groups is 1. The lowest BCUT2D eigenvalue weighted by Crippen LogP contribution is -2.59. The van der Waals surface area contributed by atoms with E-state index >= 15 is 0 Å². The molecule has 0 unspecified atom stereocenters. The van der Waals surface area contributed by atoms with E-state index < -0.39 is 9.84 Å². The van der Waals surface area contributed by atoms with Crippen molar-refractivity contribution in [3.8, 4) is 0 Å². The summed E-state index contributed by atoms with van der Waals surface area (Å²) in [7, 11) is -3.10. The van der Waals surface area contributed by atoms with E-state index in [0.29, 0.717) is 25.3 Å². The molecule has 1 aromatic heterocycles. The number of urea groups is 1. The van der Waals surface area contributed by atoms with Crippen molar-refractivity contribution in [1.82, 2.24) is 25.0 Å². The minimum atomic E-state index is -3.10. The molecule has 26 heavy (non-hydrogen) atoms. The molecule has 0 saturated carbocycles. The van der Waals surface area contributed by atoms with Gasteiger partial charge in [0, 0.05) is 24.8 Å². The average molecular weight is 376 g/mol. The third-order valence-electron chi connectivity index (χ3n) is 4.73. The maximum Gasteiger partial charge on any atom is 0.322 e. The minimum Gasteiger partial charge on any atom is -0.318 e. The molecule has 2 amide bonds. The number of anilines is 1. The van der Waals surface area contributed by atoms with Gasteiger partial charge in [0.2, 0.25) is 0 Å². The Bertz CT molecular complexity index is 898. The zero-order valence-corrected chi connectivity index (χ0v) is 14.9. The Morgan fingerprint density at radius 3 is 3.04 bits per heavy atom. The zero-order valence-electron chi connectivity index (χ0n) is 14.1. The predicted molar refractivity (Wildman–Crippen MR) is 95.5 cm³/mol. The third-order valence-corrected chi connectivity index (χ3v) is 6.45. The molecule has 0 spiro atoms. The van der Waals surface area contributed by atoms with Gasteiger partial charge in [-0.05, 0) is 17.7 Å². The van der Waals surface area contributed by atoms with Gasteiger partial charge >= 0.3 is 6.03 Å². The summed E-state index contributed by atoms with van der Waals surface area (Å²) >= 11 is 0. The van der Waals surface area contributed by atoms with E-state index in [9.17, 15) is 13.2 Å². The highest BCUT2D eigenvalue weighted by Crippen LogP contribution is 2.22. The lowest BCUT2D eigenvalue weighted by atomic mass is 10.1. The number of aromatic nitrogens is 3. The van der Waals surface area contributed by atoms with Crippen molar-refractivity contribution in [3.63, 3.8) is 0 Å². The topological polar surface area (TPSA) is 109 Å². The molecule has 1 aromatic carbocycles. The summed E-state index contributed by atoms with van der Waals surface area (Å²) < 4.78 is 25.5. The first-order chi connectivity index (χ1) is 12.5. The largest absolute Gasteiger partial charge is 0.322 e. The fourth-order valence-corrected chi connectivity index (χ4v) is 5.52. The molecular formula is C16H20N6O3S. The number of rotatable bonds is 3. The summed E-state index contributed by atoms with van der Waals surface area (Å²) in [5.74, 6) is 0.110. The maximum absolute atomic E-state index is 12.7. The Kier molecular flexibility index (Phi) is 4.37. The van der Waals surface area contributed by atoms with Crippen molar-refractivity contribution >= 4 is 21.6 Å². The Labute approximate surface area is 151 Å². The zero-order chi connectivity index (χ0) is 18.1. The number of sulfone groups is 1. The summed E-state index contributed by atoms with van der Waals surface area (Å²) in [6, 6.07) is 6.74. The smallest absolute Gasteiger partial charge is 0.318 e. The van der Waals surface area contributed by atoms with Crippen molar-refractivity contribution in [2.24, 2.45) is 0 Å². The van der Waals surface area contributed by atoms with Gasteiger partial charge in [0.25, 0.3) is 0 Å². The molecule has 0 radical (unpaired) electrons. The number of carbonyl (C=O) groups excluding carboxylic acids is 1. The monoisotopic (exact) mass is 376 g/mol.